The van der Waals surface area contributed by atoms with Crippen molar-refractivity contribution in [2.24, 2.45) is 0 Å². The van der Waals surface area contributed by atoms with Gasteiger partial charge in [0.1, 0.15) is 5.82 Å². The Labute approximate surface area is 213 Å². The number of alkyl halides is 3. The third-order valence-corrected chi connectivity index (χ3v) is 6.79. The first-order valence-electron chi connectivity index (χ1n) is 12.2. The minimum Gasteiger partial charge on any atom is -0.368 e. The number of aryl methyl sites for hydroxylation is 1. The summed E-state index contributed by atoms with van der Waals surface area (Å²) < 4.78 is 39.5. The van der Waals surface area contributed by atoms with Crippen molar-refractivity contribution >= 4 is 28.3 Å². The lowest BCUT2D eigenvalue weighted by Gasteiger charge is -2.37. The van der Waals surface area contributed by atoms with Gasteiger partial charge in [-0.15, -0.1) is 0 Å². The van der Waals surface area contributed by atoms with Crippen molar-refractivity contribution in [2.75, 3.05) is 36.0 Å². The van der Waals surface area contributed by atoms with E-state index in [1.165, 1.54) is 12.1 Å². The summed E-state index contributed by atoms with van der Waals surface area (Å²) >= 11 is 0. The van der Waals surface area contributed by atoms with Crippen molar-refractivity contribution in [3.05, 3.63) is 101 Å². The fraction of sp³-hybridized carbons (Fsp3) is 0.241. The van der Waals surface area contributed by atoms with Gasteiger partial charge < -0.3 is 15.1 Å². The maximum Gasteiger partial charge on any atom is 0.416 e. The van der Waals surface area contributed by atoms with Gasteiger partial charge in [0.05, 0.1) is 16.6 Å². The lowest BCUT2D eigenvalue weighted by atomic mass is 10.1. The number of piperazine rings is 1. The molecule has 1 N–H and O–H groups in total. The predicted octanol–water partition coefficient (Wildman–Crippen LogP) is 5.82. The molecule has 4 aromatic rings. The summed E-state index contributed by atoms with van der Waals surface area (Å²) in [6.45, 7) is 4.68. The van der Waals surface area contributed by atoms with Crippen LogP contribution in [0, 0.1) is 6.92 Å². The highest BCUT2D eigenvalue weighted by molar-refractivity contribution is 6.07. The number of benzene rings is 3. The van der Waals surface area contributed by atoms with Crippen LogP contribution in [-0.2, 0) is 12.7 Å². The van der Waals surface area contributed by atoms with Gasteiger partial charge in [-0.3, -0.25) is 4.79 Å². The topological polar surface area (TPSA) is 48.5 Å². The van der Waals surface area contributed by atoms with E-state index < -0.39 is 11.7 Å². The molecule has 0 atom stereocenters. The Hall–Kier alpha value is -4.07. The van der Waals surface area contributed by atoms with E-state index in [0.29, 0.717) is 49.8 Å². The third-order valence-electron chi connectivity index (χ3n) is 6.79. The summed E-state index contributed by atoms with van der Waals surface area (Å²) in [5.41, 5.74) is 3.35. The molecule has 3 aromatic carbocycles. The molecule has 0 saturated carbocycles. The molecule has 2 heterocycles. The number of aromatic nitrogens is 1. The summed E-state index contributed by atoms with van der Waals surface area (Å²) in [7, 11) is 0. The number of carbonyl (C=O) groups excluding carboxylic acids is 1. The van der Waals surface area contributed by atoms with Gasteiger partial charge in [0.25, 0.3) is 5.91 Å². The molecule has 1 aliphatic rings. The van der Waals surface area contributed by atoms with Crippen molar-refractivity contribution < 1.29 is 18.0 Å². The van der Waals surface area contributed by atoms with Gasteiger partial charge in [0, 0.05) is 43.8 Å². The van der Waals surface area contributed by atoms with Crippen LogP contribution >= 0.6 is 0 Å². The molecule has 0 bridgehead atoms. The summed E-state index contributed by atoms with van der Waals surface area (Å²) in [6, 6.07) is 22.7. The Morgan fingerprint density at radius 3 is 2.35 bits per heavy atom. The van der Waals surface area contributed by atoms with Gasteiger partial charge in [-0.1, -0.05) is 48.5 Å². The quantitative estimate of drug-likeness (QED) is 0.372. The maximum absolute atomic E-state index is 13.3. The average molecular weight is 505 g/mol. The van der Waals surface area contributed by atoms with Crippen molar-refractivity contribution in [3.63, 3.8) is 0 Å². The number of carbonyl (C=O) groups is 1. The van der Waals surface area contributed by atoms with Crippen LogP contribution in [0.15, 0.2) is 78.9 Å². The largest absolute Gasteiger partial charge is 0.416 e. The molecular weight excluding hydrogens is 477 g/mol. The molecule has 1 aromatic heterocycles. The number of anilines is 2. The standard InChI is InChI=1S/C29H27F3N4O/c1-20-7-2-3-8-21(20)19-33-28(37)25-18-27(34-26-12-5-4-11-24(25)26)36-15-13-35(14-16-36)23-10-6-9-22(17-23)29(30,31)32/h2-12,17-18H,13-16,19H2,1H3,(H,33,37). The van der Waals surface area contributed by atoms with Crippen LogP contribution in [0.25, 0.3) is 10.9 Å². The molecule has 1 aliphatic heterocycles. The summed E-state index contributed by atoms with van der Waals surface area (Å²) in [5, 5.41) is 3.81. The van der Waals surface area contributed by atoms with Crippen molar-refractivity contribution in [1.29, 1.82) is 0 Å². The van der Waals surface area contributed by atoms with Crippen LogP contribution in [-0.4, -0.2) is 37.1 Å². The monoisotopic (exact) mass is 504 g/mol. The Morgan fingerprint density at radius 1 is 0.892 bits per heavy atom. The Balaban J connectivity index is 1.35. The zero-order chi connectivity index (χ0) is 26.0. The van der Waals surface area contributed by atoms with Crippen LogP contribution in [0.1, 0.15) is 27.0 Å². The number of para-hydroxylation sites is 1. The molecule has 1 saturated heterocycles. The minimum absolute atomic E-state index is 0.175. The van der Waals surface area contributed by atoms with Crippen molar-refractivity contribution in [2.45, 2.75) is 19.6 Å². The van der Waals surface area contributed by atoms with E-state index in [1.807, 2.05) is 66.4 Å². The van der Waals surface area contributed by atoms with Gasteiger partial charge in [-0.05, 0) is 48.4 Å². The molecule has 1 amide bonds. The highest BCUT2D eigenvalue weighted by Crippen LogP contribution is 2.32. The molecule has 0 spiro atoms. The van der Waals surface area contributed by atoms with Gasteiger partial charge in [-0.2, -0.15) is 13.2 Å². The van der Waals surface area contributed by atoms with E-state index in [-0.39, 0.29) is 5.91 Å². The molecular formula is C29H27F3N4O. The predicted molar refractivity (Wildman–Crippen MR) is 140 cm³/mol. The second kappa shape index (κ2) is 10.1. The zero-order valence-corrected chi connectivity index (χ0v) is 20.4. The second-order valence-electron chi connectivity index (χ2n) is 9.18. The molecule has 0 radical (unpaired) electrons. The molecule has 0 aliphatic carbocycles. The Bertz CT molecular complexity index is 1430. The number of hydrogen-bond acceptors (Lipinski definition) is 4. The highest BCUT2D eigenvalue weighted by atomic mass is 19.4. The van der Waals surface area contributed by atoms with Gasteiger partial charge >= 0.3 is 6.18 Å². The van der Waals surface area contributed by atoms with E-state index in [9.17, 15) is 18.0 Å². The van der Waals surface area contributed by atoms with E-state index in [1.54, 1.807) is 6.07 Å². The van der Waals surface area contributed by atoms with Crippen molar-refractivity contribution in [3.8, 4) is 0 Å². The van der Waals surface area contributed by atoms with Crippen LogP contribution < -0.4 is 15.1 Å². The molecule has 190 valence electrons. The average Bonchev–Trinajstić information content (AvgIpc) is 2.91. The second-order valence-corrected chi connectivity index (χ2v) is 9.18. The normalized spacial score (nSPS) is 14.2. The third kappa shape index (κ3) is 5.38. The fourth-order valence-electron chi connectivity index (χ4n) is 4.66. The van der Waals surface area contributed by atoms with Crippen LogP contribution in [0.2, 0.25) is 0 Å². The van der Waals surface area contributed by atoms with Gasteiger partial charge in [0.15, 0.2) is 0 Å². The smallest absolute Gasteiger partial charge is 0.368 e. The SMILES string of the molecule is Cc1ccccc1CNC(=O)c1cc(N2CCN(c3cccc(C(F)(F)F)c3)CC2)nc2ccccc12. The van der Waals surface area contributed by atoms with Gasteiger partial charge in [-0.25, -0.2) is 4.98 Å². The lowest BCUT2D eigenvalue weighted by molar-refractivity contribution is -0.137. The van der Waals surface area contributed by atoms with Crippen LogP contribution in [0.5, 0.6) is 0 Å². The van der Waals surface area contributed by atoms with Crippen molar-refractivity contribution in [1.82, 2.24) is 10.3 Å². The first-order valence-corrected chi connectivity index (χ1v) is 12.2. The van der Waals surface area contributed by atoms with E-state index >= 15 is 0 Å². The van der Waals surface area contributed by atoms with Gasteiger partial charge in [0.2, 0.25) is 0 Å². The Kier molecular flexibility index (Phi) is 6.74. The highest BCUT2D eigenvalue weighted by Gasteiger charge is 2.31. The molecule has 5 rings (SSSR count). The minimum atomic E-state index is -4.37. The molecule has 37 heavy (non-hydrogen) atoms. The Morgan fingerprint density at radius 2 is 1.59 bits per heavy atom. The summed E-state index contributed by atoms with van der Waals surface area (Å²) in [6.07, 6.45) is -4.37. The molecule has 1 fully saturated rings. The van der Waals surface area contributed by atoms with Crippen LogP contribution in [0.4, 0.5) is 24.7 Å². The number of rotatable bonds is 5. The number of nitrogens with one attached hydrogen (secondary N) is 1. The number of nitrogens with zero attached hydrogens (tertiary/aromatic N) is 3. The number of halogens is 3. The number of fused-ring (bicyclic) bond motifs is 1. The maximum atomic E-state index is 13.3. The first-order chi connectivity index (χ1) is 17.8. The van der Waals surface area contributed by atoms with Crippen LogP contribution in [0.3, 0.4) is 0 Å². The number of hydrogen-bond donors (Lipinski definition) is 1. The molecule has 8 heteroatoms. The van der Waals surface area contributed by atoms with E-state index in [2.05, 4.69) is 10.2 Å². The molecule has 5 nitrogen and oxygen atoms in total. The zero-order valence-electron chi connectivity index (χ0n) is 20.4. The molecule has 0 unspecified atom stereocenters. The summed E-state index contributed by atoms with van der Waals surface area (Å²) in [4.78, 5) is 22.1. The van der Waals surface area contributed by atoms with E-state index in [4.69, 9.17) is 4.98 Å². The lowest BCUT2D eigenvalue weighted by Crippen LogP contribution is -2.47. The summed E-state index contributed by atoms with van der Waals surface area (Å²) in [5.74, 6) is 0.508. The number of pyridine rings is 1. The first kappa shape index (κ1) is 24.6. The fourth-order valence-corrected chi connectivity index (χ4v) is 4.66. The van der Waals surface area contributed by atoms with E-state index in [0.717, 1.165) is 28.1 Å². The number of amides is 1.